The number of nitrogens with two attached hydrogens (primary N) is 1. The maximum atomic E-state index is 10.9. The Bertz CT molecular complexity index is 168. The van der Waals surface area contributed by atoms with Gasteiger partial charge in [-0.25, -0.2) is 4.79 Å². The predicted molar refractivity (Wildman–Crippen MR) is 44.3 cm³/mol. The molecule has 0 heterocycles. The maximum Gasteiger partial charge on any atom is 0.330 e. The molecule has 0 aromatic carbocycles. The fourth-order valence-electron chi connectivity index (χ4n) is 0.759. The molecule has 0 aromatic heterocycles. The van der Waals surface area contributed by atoms with E-state index in [0.717, 1.165) is 12.8 Å². The van der Waals surface area contributed by atoms with Crippen LogP contribution < -0.4 is 5.73 Å². The summed E-state index contributed by atoms with van der Waals surface area (Å²) in [5, 5.41) is 0. The summed E-state index contributed by atoms with van der Waals surface area (Å²) in [6.07, 6.45) is 2.41. The van der Waals surface area contributed by atoms with Crippen molar-refractivity contribution < 1.29 is 14.3 Å². The van der Waals surface area contributed by atoms with E-state index in [1.54, 1.807) is 0 Å². The largest absolute Gasteiger partial charge is 0.392 e. The molecule has 0 unspecified atom stereocenters. The van der Waals surface area contributed by atoms with Gasteiger partial charge in [-0.2, -0.15) is 0 Å². The van der Waals surface area contributed by atoms with Crippen molar-refractivity contribution >= 4 is 11.9 Å². The zero-order chi connectivity index (χ0) is 9.56. The third kappa shape index (κ3) is 4.85. The summed E-state index contributed by atoms with van der Waals surface area (Å²) < 4.78 is 4.31. The van der Waals surface area contributed by atoms with Crippen molar-refractivity contribution in [1.82, 2.24) is 0 Å². The van der Waals surface area contributed by atoms with Crippen LogP contribution in [0.15, 0.2) is 0 Å². The minimum absolute atomic E-state index is 0.572. The first-order chi connectivity index (χ1) is 5.57. The lowest BCUT2D eigenvalue weighted by atomic mass is 10.1. The highest BCUT2D eigenvalue weighted by molar-refractivity contribution is 5.87. The van der Waals surface area contributed by atoms with Gasteiger partial charge in [0.25, 0.3) is 0 Å². The van der Waals surface area contributed by atoms with Gasteiger partial charge in [-0.15, -0.1) is 0 Å². The molecule has 0 spiro atoms. The Kier molecular flexibility index (Phi) is 5.28. The molecule has 0 fully saturated rings. The summed E-state index contributed by atoms with van der Waals surface area (Å²) in [6.45, 7) is 3.19. The van der Waals surface area contributed by atoms with Gasteiger partial charge in [0.05, 0.1) is 0 Å². The molecule has 0 radical (unpaired) electrons. The van der Waals surface area contributed by atoms with Crippen LogP contribution >= 0.6 is 0 Å². The number of ether oxygens (including phenoxy) is 1. The second-order valence-electron chi connectivity index (χ2n) is 2.66. The van der Waals surface area contributed by atoms with Gasteiger partial charge in [-0.3, -0.25) is 4.79 Å². The van der Waals surface area contributed by atoms with Crippen molar-refractivity contribution in [3.8, 4) is 0 Å². The highest BCUT2D eigenvalue weighted by Gasteiger charge is 2.15. The molecule has 2 N–H and O–H groups in total. The first kappa shape index (κ1) is 11.1. The molecule has 4 heteroatoms. The minimum atomic E-state index is -0.658. The van der Waals surface area contributed by atoms with Crippen LogP contribution in [0.1, 0.15) is 33.1 Å². The second kappa shape index (κ2) is 5.71. The molecule has 0 saturated carbocycles. The van der Waals surface area contributed by atoms with E-state index >= 15 is 0 Å². The molecule has 0 aromatic rings. The lowest BCUT2D eigenvalue weighted by Crippen LogP contribution is -2.33. The van der Waals surface area contributed by atoms with Crippen LogP contribution in [-0.4, -0.2) is 18.0 Å². The predicted octanol–water partition coefficient (Wildman–Crippen LogP) is 0.594. The quantitative estimate of drug-likeness (QED) is 0.499. The van der Waals surface area contributed by atoms with Gasteiger partial charge < -0.3 is 10.5 Å². The van der Waals surface area contributed by atoms with Crippen LogP contribution in [0.5, 0.6) is 0 Å². The van der Waals surface area contributed by atoms with Crippen molar-refractivity contribution in [2.75, 3.05) is 0 Å². The van der Waals surface area contributed by atoms with E-state index in [1.807, 2.05) is 6.92 Å². The Hall–Kier alpha value is -0.900. The van der Waals surface area contributed by atoms with Gasteiger partial charge in [-0.05, 0) is 6.42 Å². The van der Waals surface area contributed by atoms with Crippen LogP contribution in [0, 0.1) is 0 Å². The Labute approximate surface area is 72.1 Å². The third-order valence-corrected chi connectivity index (χ3v) is 1.42. The van der Waals surface area contributed by atoms with Crippen molar-refractivity contribution in [3.05, 3.63) is 0 Å². The molecular weight excluding hydrogens is 158 g/mol. The summed E-state index contributed by atoms with van der Waals surface area (Å²) in [4.78, 5) is 21.2. The maximum absolute atomic E-state index is 10.9. The lowest BCUT2D eigenvalue weighted by molar-refractivity contribution is -0.159. The summed E-state index contributed by atoms with van der Waals surface area (Å²) in [6, 6.07) is -0.658. The SMILES string of the molecule is CCCC[C@H](N)C(=O)OC(C)=O. The summed E-state index contributed by atoms with van der Waals surface area (Å²) in [5.41, 5.74) is 5.42. The van der Waals surface area contributed by atoms with E-state index in [-0.39, 0.29) is 0 Å². The van der Waals surface area contributed by atoms with Crippen molar-refractivity contribution in [2.45, 2.75) is 39.2 Å². The average Bonchev–Trinajstić information content (AvgIpc) is 1.98. The fraction of sp³-hybridized carbons (Fsp3) is 0.750. The van der Waals surface area contributed by atoms with E-state index in [9.17, 15) is 9.59 Å². The van der Waals surface area contributed by atoms with E-state index in [4.69, 9.17) is 5.73 Å². The first-order valence-corrected chi connectivity index (χ1v) is 4.05. The smallest absolute Gasteiger partial charge is 0.330 e. The number of esters is 2. The molecule has 12 heavy (non-hydrogen) atoms. The van der Waals surface area contributed by atoms with Crippen molar-refractivity contribution in [3.63, 3.8) is 0 Å². The van der Waals surface area contributed by atoms with Crippen LogP contribution in [0.25, 0.3) is 0 Å². The van der Waals surface area contributed by atoms with E-state index < -0.39 is 18.0 Å². The second-order valence-corrected chi connectivity index (χ2v) is 2.66. The van der Waals surface area contributed by atoms with Gasteiger partial charge in [-0.1, -0.05) is 19.8 Å². The molecule has 0 amide bonds. The summed E-state index contributed by atoms with van der Waals surface area (Å²) in [5.74, 6) is -1.23. The summed E-state index contributed by atoms with van der Waals surface area (Å²) >= 11 is 0. The van der Waals surface area contributed by atoms with Crippen LogP contribution in [0.4, 0.5) is 0 Å². The van der Waals surface area contributed by atoms with Gasteiger partial charge in [0.2, 0.25) is 0 Å². The topological polar surface area (TPSA) is 69.4 Å². The van der Waals surface area contributed by atoms with Crippen LogP contribution in [0.2, 0.25) is 0 Å². The van der Waals surface area contributed by atoms with E-state index in [2.05, 4.69) is 4.74 Å². The van der Waals surface area contributed by atoms with Gasteiger partial charge >= 0.3 is 11.9 Å². The Morgan fingerprint density at radius 2 is 2.08 bits per heavy atom. The Morgan fingerprint density at radius 1 is 1.50 bits per heavy atom. The number of unbranched alkanes of at least 4 members (excludes halogenated alkanes) is 1. The first-order valence-electron chi connectivity index (χ1n) is 4.05. The standard InChI is InChI=1S/C8H15NO3/c1-3-4-5-7(9)8(11)12-6(2)10/h7H,3-5,9H2,1-2H3/t7-/m0/s1. The van der Waals surface area contributed by atoms with Crippen LogP contribution in [-0.2, 0) is 14.3 Å². The molecule has 0 bridgehead atoms. The van der Waals surface area contributed by atoms with Gasteiger partial charge in [0.15, 0.2) is 0 Å². The highest BCUT2D eigenvalue weighted by Crippen LogP contribution is 1.99. The Morgan fingerprint density at radius 3 is 2.50 bits per heavy atom. The monoisotopic (exact) mass is 173 g/mol. The molecule has 1 atom stereocenters. The number of rotatable bonds is 4. The van der Waals surface area contributed by atoms with Crippen LogP contribution in [0.3, 0.4) is 0 Å². The molecule has 0 aliphatic heterocycles. The fourth-order valence-corrected chi connectivity index (χ4v) is 0.759. The highest BCUT2D eigenvalue weighted by atomic mass is 16.6. The molecule has 4 nitrogen and oxygen atoms in total. The van der Waals surface area contributed by atoms with Crippen molar-refractivity contribution in [1.29, 1.82) is 0 Å². The number of hydrogen-bond donors (Lipinski definition) is 1. The molecule has 0 aliphatic carbocycles. The molecular formula is C8H15NO3. The number of carbonyl (C=O) groups excluding carboxylic acids is 2. The zero-order valence-electron chi connectivity index (χ0n) is 7.50. The lowest BCUT2D eigenvalue weighted by Gasteiger charge is -2.07. The minimum Gasteiger partial charge on any atom is -0.392 e. The number of hydrogen-bond acceptors (Lipinski definition) is 4. The van der Waals surface area contributed by atoms with Crippen molar-refractivity contribution in [2.24, 2.45) is 5.73 Å². The van der Waals surface area contributed by atoms with E-state index in [0.29, 0.717) is 6.42 Å². The average molecular weight is 173 g/mol. The summed E-state index contributed by atoms with van der Waals surface area (Å²) in [7, 11) is 0. The van der Waals surface area contributed by atoms with E-state index in [1.165, 1.54) is 6.92 Å². The van der Waals surface area contributed by atoms with Gasteiger partial charge in [0.1, 0.15) is 6.04 Å². The third-order valence-electron chi connectivity index (χ3n) is 1.42. The number of carbonyl (C=O) groups is 2. The zero-order valence-corrected chi connectivity index (χ0v) is 7.50. The normalized spacial score (nSPS) is 12.2. The van der Waals surface area contributed by atoms with Gasteiger partial charge in [0, 0.05) is 6.92 Å². The molecule has 0 aliphatic rings. The molecule has 0 rings (SSSR count). The Balaban J connectivity index is 3.69. The molecule has 70 valence electrons. The molecule has 0 saturated heterocycles.